The van der Waals surface area contributed by atoms with Crippen LogP contribution in [-0.2, 0) is 10.9 Å². The maximum atomic E-state index is 14.1. The number of thiophene rings is 1. The number of ether oxygens (including phenoxy) is 2. The van der Waals surface area contributed by atoms with Crippen LogP contribution in [-0.4, -0.2) is 30.1 Å². The van der Waals surface area contributed by atoms with Crippen molar-refractivity contribution in [2.45, 2.75) is 13.1 Å². The standard InChI is InChI=1S/C27H22F3N3O4S/c1-3-13-37-18-11-7-15(8-12-18)20-14-19(27(28,29)30)21-22(31)23(38-25(21)33-20)24(34)32-17-9-5-16(6-10-17)26(35)36-4-2/h3,5-12,14H,1,4,13,31H2,2H3,(H,32,34). The van der Waals surface area contributed by atoms with Gasteiger partial charge >= 0.3 is 12.1 Å². The molecule has 196 valence electrons. The Morgan fingerprint density at radius 2 is 1.82 bits per heavy atom. The SMILES string of the molecule is C=CCOc1ccc(-c2cc(C(F)(F)F)c3c(N)c(C(=O)Nc4ccc(C(=O)OCC)cc4)sc3n2)cc1. The number of hydrogen-bond acceptors (Lipinski definition) is 7. The molecule has 0 saturated carbocycles. The zero-order valence-corrected chi connectivity index (χ0v) is 20.9. The largest absolute Gasteiger partial charge is 0.490 e. The van der Waals surface area contributed by atoms with Crippen LogP contribution in [0.2, 0.25) is 0 Å². The second kappa shape index (κ2) is 10.9. The lowest BCUT2D eigenvalue weighted by Gasteiger charge is -2.12. The van der Waals surface area contributed by atoms with Gasteiger partial charge in [-0.2, -0.15) is 13.2 Å². The molecular formula is C27H22F3N3O4S. The summed E-state index contributed by atoms with van der Waals surface area (Å²) in [5.41, 5.74) is 5.88. The fourth-order valence-corrected chi connectivity index (χ4v) is 4.65. The second-order valence-corrected chi connectivity index (χ2v) is 8.95. The number of fused-ring (bicyclic) bond motifs is 1. The lowest BCUT2D eigenvalue weighted by Crippen LogP contribution is -2.13. The molecule has 0 aliphatic carbocycles. The van der Waals surface area contributed by atoms with Gasteiger partial charge in [0.2, 0.25) is 0 Å². The topological polar surface area (TPSA) is 104 Å². The molecule has 2 heterocycles. The second-order valence-electron chi connectivity index (χ2n) is 7.95. The fourth-order valence-electron chi connectivity index (χ4n) is 3.63. The Hall–Kier alpha value is -4.38. The smallest absolute Gasteiger partial charge is 0.417 e. The first-order valence-electron chi connectivity index (χ1n) is 11.3. The van der Waals surface area contributed by atoms with E-state index in [4.69, 9.17) is 15.2 Å². The average molecular weight is 542 g/mol. The number of aromatic nitrogens is 1. The van der Waals surface area contributed by atoms with Crippen LogP contribution in [0.5, 0.6) is 5.75 Å². The van der Waals surface area contributed by atoms with Crippen LogP contribution in [0.3, 0.4) is 0 Å². The summed E-state index contributed by atoms with van der Waals surface area (Å²) >= 11 is 0.761. The van der Waals surface area contributed by atoms with Gasteiger partial charge in [0.05, 0.1) is 29.1 Å². The van der Waals surface area contributed by atoms with E-state index >= 15 is 0 Å². The van der Waals surface area contributed by atoms with Crippen molar-refractivity contribution in [1.82, 2.24) is 4.98 Å². The van der Waals surface area contributed by atoms with Gasteiger partial charge in [-0.3, -0.25) is 4.79 Å². The van der Waals surface area contributed by atoms with Crippen molar-refractivity contribution in [3.8, 4) is 17.0 Å². The highest BCUT2D eigenvalue weighted by Crippen LogP contribution is 2.43. The third-order valence-electron chi connectivity index (χ3n) is 5.38. The van der Waals surface area contributed by atoms with Gasteiger partial charge in [-0.15, -0.1) is 11.3 Å². The van der Waals surface area contributed by atoms with Gasteiger partial charge in [0.15, 0.2) is 0 Å². The summed E-state index contributed by atoms with van der Waals surface area (Å²) in [5.74, 6) is -0.687. The van der Waals surface area contributed by atoms with Crippen LogP contribution < -0.4 is 15.8 Å². The molecule has 4 rings (SSSR count). The van der Waals surface area contributed by atoms with Crippen LogP contribution in [0.15, 0.2) is 67.3 Å². The molecule has 11 heteroatoms. The van der Waals surface area contributed by atoms with Crippen LogP contribution in [0.1, 0.15) is 32.5 Å². The molecule has 0 fully saturated rings. The lowest BCUT2D eigenvalue weighted by molar-refractivity contribution is -0.136. The number of amides is 1. The van der Waals surface area contributed by atoms with E-state index in [1.165, 1.54) is 24.3 Å². The summed E-state index contributed by atoms with van der Waals surface area (Å²) in [7, 11) is 0. The van der Waals surface area contributed by atoms with Gasteiger partial charge in [0, 0.05) is 16.6 Å². The van der Waals surface area contributed by atoms with E-state index < -0.39 is 23.6 Å². The van der Waals surface area contributed by atoms with E-state index in [0.29, 0.717) is 17.0 Å². The van der Waals surface area contributed by atoms with Crippen molar-refractivity contribution >= 4 is 44.8 Å². The summed E-state index contributed by atoms with van der Waals surface area (Å²) in [6.07, 6.45) is -3.17. The Bertz CT molecular complexity index is 1500. The number of pyridine rings is 1. The number of rotatable bonds is 8. The van der Waals surface area contributed by atoms with Gasteiger partial charge < -0.3 is 20.5 Å². The lowest BCUT2D eigenvalue weighted by atomic mass is 10.1. The molecule has 7 nitrogen and oxygen atoms in total. The third-order valence-corrected chi connectivity index (χ3v) is 6.48. The molecule has 4 aromatic rings. The van der Waals surface area contributed by atoms with Crippen LogP contribution in [0, 0.1) is 0 Å². The van der Waals surface area contributed by atoms with Crippen molar-refractivity contribution in [3.05, 3.63) is 83.3 Å². The minimum Gasteiger partial charge on any atom is -0.490 e. The van der Waals surface area contributed by atoms with Crippen LogP contribution in [0.25, 0.3) is 21.5 Å². The number of halogens is 3. The van der Waals surface area contributed by atoms with Gasteiger partial charge in [-0.05, 0) is 61.5 Å². The molecule has 2 aromatic carbocycles. The van der Waals surface area contributed by atoms with Crippen LogP contribution >= 0.6 is 11.3 Å². The van der Waals surface area contributed by atoms with Crippen LogP contribution in [0.4, 0.5) is 24.5 Å². The number of alkyl halides is 3. The monoisotopic (exact) mass is 541 g/mol. The molecule has 0 aliphatic rings. The van der Waals surface area contributed by atoms with E-state index in [0.717, 1.165) is 17.4 Å². The molecule has 0 bridgehead atoms. The highest BCUT2D eigenvalue weighted by atomic mass is 32.1. The number of benzene rings is 2. The maximum absolute atomic E-state index is 14.1. The Morgan fingerprint density at radius 1 is 1.13 bits per heavy atom. The zero-order chi connectivity index (χ0) is 27.4. The van der Waals surface area contributed by atoms with E-state index in [-0.39, 0.29) is 45.3 Å². The molecule has 0 saturated heterocycles. The number of nitrogens with two attached hydrogens (primary N) is 1. The highest BCUT2D eigenvalue weighted by Gasteiger charge is 2.36. The summed E-state index contributed by atoms with van der Waals surface area (Å²) in [5, 5.41) is 2.26. The summed E-state index contributed by atoms with van der Waals surface area (Å²) in [6.45, 7) is 5.75. The van der Waals surface area contributed by atoms with Gasteiger partial charge in [0.25, 0.3) is 5.91 Å². The fraction of sp³-hybridized carbons (Fsp3) is 0.148. The Balaban J connectivity index is 1.68. The number of carbonyl (C=O) groups is 2. The molecule has 3 N–H and O–H groups in total. The number of carbonyl (C=O) groups excluding carboxylic acids is 2. The molecule has 2 aromatic heterocycles. The minimum atomic E-state index is -4.74. The molecule has 0 atom stereocenters. The molecule has 0 spiro atoms. The first kappa shape index (κ1) is 26.7. The van der Waals surface area contributed by atoms with Crippen molar-refractivity contribution in [1.29, 1.82) is 0 Å². The Morgan fingerprint density at radius 3 is 2.42 bits per heavy atom. The number of esters is 1. The number of nitrogen functional groups attached to an aromatic ring is 1. The van der Waals surface area contributed by atoms with Gasteiger partial charge in [-0.25, -0.2) is 9.78 Å². The van der Waals surface area contributed by atoms with E-state index in [9.17, 15) is 22.8 Å². The summed E-state index contributed by atoms with van der Waals surface area (Å²) in [6, 6.07) is 13.2. The predicted octanol–water partition coefficient (Wildman–Crippen LogP) is 6.56. The number of nitrogens with zero attached hydrogens (tertiary/aromatic N) is 1. The summed E-state index contributed by atoms with van der Waals surface area (Å²) < 4.78 is 52.5. The molecular weight excluding hydrogens is 519 g/mol. The maximum Gasteiger partial charge on any atom is 0.417 e. The third kappa shape index (κ3) is 5.62. The van der Waals surface area contributed by atoms with E-state index in [1.807, 2.05) is 0 Å². The Labute approximate surface area is 219 Å². The van der Waals surface area contributed by atoms with Crippen molar-refractivity contribution in [2.24, 2.45) is 0 Å². The van der Waals surface area contributed by atoms with Crippen molar-refractivity contribution in [3.63, 3.8) is 0 Å². The first-order chi connectivity index (χ1) is 18.1. The number of hydrogen-bond donors (Lipinski definition) is 2. The minimum absolute atomic E-state index is 0.0258. The zero-order valence-electron chi connectivity index (χ0n) is 20.1. The van der Waals surface area contributed by atoms with E-state index in [1.54, 1.807) is 37.3 Å². The normalized spacial score (nSPS) is 11.3. The average Bonchev–Trinajstić information content (AvgIpc) is 3.23. The van der Waals surface area contributed by atoms with Crippen molar-refractivity contribution < 1.29 is 32.2 Å². The molecule has 0 unspecified atom stereocenters. The Kier molecular flexibility index (Phi) is 7.67. The first-order valence-corrected chi connectivity index (χ1v) is 12.2. The predicted molar refractivity (Wildman–Crippen MR) is 141 cm³/mol. The summed E-state index contributed by atoms with van der Waals surface area (Å²) in [4.78, 5) is 29.0. The number of nitrogens with one attached hydrogen (secondary N) is 1. The molecule has 38 heavy (non-hydrogen) atoms. The van der Waals surface area contributed by atoms with Gasteiger partial charge in [0.1, 0.15) is 22.1 Å². The molecule has 1 amide bonds. The van der Waals surface area contributed by atoms with Gasteiger partial charge in [-0.1, -0.05) is 12.7 Å². The molecule has 0 radical (unpaired) electrons. The van der Waals surface area contributed by atoms with E-state index in [2.05, 4.69) is 16.9 Å². The van der Waals surface area contributed by atoms with Crippen molar-refractivity contribution in [2.75, 3.05) is 24.3 Å². The molecule has 0 aliphatic heterocycles. The highest BCUT2D eigenvalue weighted by molar-refractivity contribution is 7.21. The quantitative estimate of drug-likeness (QED) is 0.194. The number of anilines is 2.